The number of methoxy groups -OCH3 is 1. The standard InChI is InChI=1S/C20H18ClN5O3/c1-11-3-8-15(14(21)9-11)22-19(28)16-10-17(27)23-20-24-18(25-26(16)20)12-4-6-13(29-2)7-5-12/h3-9,16H,10H2,1-2H3,(H,22,28)(H,23,24,25,27)/t16-/m0/s1. The SMILES string of the molecule is COc1ccc(-c2nc3n(n2)[C@H](C(=O)Nc2ccc(C)cc2Cl)CC(=O)N3)cc1. The van der Waals surface area contributed by atoms with Gasteiger partial charge in [-0.05, 0) is 48.9 Å². The molecule has 2 amide bonds. The van der Waals surface area contributed by atoms with Crippen LogP contribution in [0.25, 0.3) is 11.4 Å². The molecule has 8 nitrogen and oxygen atoms in total. The highest BCUT2D eigenvalue weighted by atomic mass is 35.5. The molecule has 0 unspecified atom stereocenters. The molecule has 0 radical (unpaired) electrons. The van der Waals surface area contributed by atoms with Crippen molar-refractivity contribution >= 4 is 35.1 Å². The summed E-state index contributed by atoms with van der Waals surface area (Å²) in [5, 5.41) is 10.3. The summed E-state index contributed by atoms with van der Waals surface area (Å²) < 4.78 is 6.58. The normalized spacial score (nSPS) is 15.4. The summed E-state index contributed by atoms with van der Waals surface area (Å²) in [6.45, 7) is 1.91. The fourth-order valence-corrected chi connectivity index (χ4v) is 3.35. The fourth-order valence-electron chi connectivity index (χ4n) is 3.07. The Morgan fingerprint density at radius 1 is 1.28 bits per heavy atom. The molecule has 0 bridgehead atoms. The van der Waals surface area contributed by atoms with E-state index in [0.29, 0.717) is 22.3 Å². The van der Waals surface area contributed by atoms with Crippen molar-refractivity contribution in [1.82, 2.24) is 14.8 Å². The molecule has 9 heteroatoms. The largest absolute Gasteiger partial charge is 0.497 e. The lowest BCUT2D eigenvalue weighted by Gasteiger charge is -2.22. The van der Waals surface area contributed by atoms with Gasteiger partial charge in [-0.2, -0.15) is 4.98 Å². The van der Waals surface area contributed by atoms with E-state index in [2.05, 4.69) is 20.7 Å². The number of carbonyl (C=O) groups excluding carboxylic acids is 2. The van der Waals surface area contributed by atoms with Crippen molar-refractivity contribution in [2.75, 3.05) is 17.7 Å². The number of aryl methyl sites for hydroxylation is 1. The van der Waals surface area contributed by atoms with Gasteiger partial charge in [-0.25, -0.2) is 4.68 Å². The minimum absolute atomic E-state index is 0.0479. The van der Waals surface area contributed by atoms with E-state index in [1.807, 2.05) is 25.1 Å². The number of anilines is 2. The Labute approximate surface area is 171 Å². The van der Waals surface area contributed by atoms with Crippen LogP contribution in [-0.4, -0.2) is 33.7 Å². The van der Waals surface area contributed by atoms with Gasteiger partial charge in [0.2, 0.25) is 17.8 Å². The van der Waals surface area contributed by atoms with Crippen LogP contribution < -0.4 is 15.4 Å². The van der Waals surface area contributed by atoms with Gasteiger partial charge in [0.25, 0.3) is 0 Å². The zero-order valence-electron chi connectivity index (χ0n) is 15.8. The number of halogens is 1. The summed E-state index contributed by atoms with van der Waals surface area (Å²) >= 11 is 6.21. The van der Waals surface area contributed by atoms with Crippen molar-refractivity contribution in [2.24, 2.45) is 0 Å². The van der Waals surface area contributed by atoms with Gasteiger partial charge < -0.3 is 10.1 Å². The average Bonchev–Trinajstić information content (AvgIpc) is 3.13. The summed E-state index contributed by atoms with van der Waals surface area (Å²) in [6.07, 6.45) is -0.0479. The molecular weight excluding hydrogens is 394 g/mol. The van der Waals surface area contributed by atoms with Crippen LogP contribution in [0.4, 0.5) is 11.6 Å². The highest BCUT2D eigenvalue weighted by molar-refractivity contribution is 6.33. The molecule has 2 N–H and O–H groups in total. The third-order valence-electron chi connectivity index (χ3n) is 4.59. The molecule has 0 aliphatic carbocycles. The maximum absolute atomic E-state index is 12.9. The van der Waals surface area contributed by atoms with Gasteiger partial charge in [0.1, 0.15) is 11.8 Å². The number of aromatic nitrogens is 3. The molecule has 2 aromatic carbocycles. The van der Waals surface area contributed by atoms with Crippen molar-refractivity contribution in [3.05, 3.63) is 53.1 Å². The Morgan fingerprint density at radius 3 is 2.72 bits per heavy atom. The molecule has 1 aromatic heterocycles. The van der Waals surface area contributed by atoms with Crippen LogP contribution in [0.5, 0.6) is 5.75 Å². The number of nitrogens with zero attached hydrogens (tertiary/aromatic N) is 3. The van der Waals surface area contributed by atoms with Gasteiger partial charge in [-0.15, -0.1) is 5.10 Å². The van der Waals surface area contributed by atoms with Crippen LogP contribution in [0.15, 0.2) is 42.5 Å². The first-order valence-corrected chi connectivity index (χ1v) is 9.30. The summed E-state index contributed by atoms with van der Waals surface area (Å²) in [6, 6.07) is 11.7. The van der Waals surface area contributed by atoms with Crippen LogP contribution in [0.3, 0.4) is 0 Å². The van der Waals surface area contributed by atoms with E-state index in [9.17, 15) is 9.59 Å². The number of benzene rings is 2. The monoisotopic (exact) mass is 411 g/mol. The average molecular weight is 412 g/mol. The summed E-state index contributed by atoms with van der Waals surface area (Å²) in [4.78, 5) is 29.4. The van der Waals surface area contributed by atoms with E-state index in [4.69, 9.17) is 16.3 Å². The lowest BCUT2D eigenvalue weighted by molar-refractivity contribution is -0.125. The third-order valence-corrected chi connectivity index (χ3v) is 4.90. The molecule has 0 saturated heterocycles. The molecule has 0 saturated carbocycles. The first kappa shape index (κ1) is 18.9. The van der Waals surface area contributed by atoms with Crippen molar-refractivity contribution in [2.45, 2.75) is 19.4 Å². The highest BCUT2D eigenvalue weighted by Gasteiger charge is 2.33. The topological polar surface area (TPSA) is 98.1 Å². The smallest absolute Gasteiger partial charge is 0.249 e. The zero-order chi connectivity index (χ0) is 20.5. The Bertz CT molecular complexity index is 1090. The van der Waals surface area contributed by atoms with Crippen molar-refractivity contribution in [1.29, 1.82) is 0 Å². The summed E-state index contributed by atoms with van der Waals surface area (Å²) in [7, 11) is 1.58. The number of ether oxygens (including phenoxy) is 1. The van der Waals surface area contributed by atoms with Gasteiger partial charge in [-0.1, -0.05) is 17.7 Å². The maximum Gasteiger partial charge on any atom is 0.249 e. The highest BCUT2D eigenvalue weighted by Crippen LogP contribution is 2.29. The third kappa shape index (κ3) is 3.79. The van der Waals surface area contributed by atoms with Gasteiger partial charge >= 0.3 is 0 Å². The minimum atomic E-state index is -0.837. The molecule has 1 atom stereocenters. The Morgan fingerprint density at radius 2 is 2.03 bits per heavy atom. The van der Waals surface area contributed by atoms with Crippen molar-refractivity contribution < 1.29 is 14.3 Å². The van der Waals surface area contributed by atoms with E-state index in [0.717, 1.165) is 11.1 Å². The second-order valence-corrected chi connectivity index (χ2v) is 7.08. The van der Waals surface area contributed by atoms with Crippen molar-refractivity contribution in [3.8, 4) is 17.1 Å². The Hall–Kier alpha value is -3.39. The maximum atomic E-state index is 12.9. The first-order valence-electron chi connectivity index (χ1n) is 8.92. The molecule has 29 heavy (non-hydrogen) atoms. The first-order chi connectivity index (χ1) is 13.9. The van der Waals surface area contributed by atoms with Crippen LogP contribution >= 0.6 is 11.6 Å². The predicted molar refractivity (Wildman–Crippen MR) is 109 cm³/mol. The van der Waals surface area contributed by atoms with Crippen LogP contribution in [0.2, 0.25) is 5.02 Å². The molecule has 1 aliphatic heterocycles. The van der Waals surface area contributed by atoms with E-state index in [1.54, 1.807) is 31.4 Å². The molecule has 148 valence electrons. The number of fused-ring (bicyclic) bond motifs is 1. The van der Waals surface area contributed by atoms with Gasteiger partial charge in [0, 0.05) is 5.56 Å². The van der Waals surface area contributed by atoms with Crippen molar-refractivity contribution in [3.63, 3.8) is 0 Å². The molecule has 2 heterocycles. The second-order valence-electron chi connectivity index (χ2n) is 6.67. The predicted octanol–water partition coefficient (Wildman–Crippen LogP) is 3.44. The van der Waals surface area contributed by atoms with Crippen LogP contribution in [0.1, 0.15) is 18.0 Å². The lowest BCUT2D eigenvalue weighted by Crippen LogP contribution is -2.36. The molecule has 4 rings (SSSR count). The van der Waals surface area contributed by atoms with E-state index in [-0.39, 0.29) is 18.3 Å². The molecule has 1 aliphatic rings. The summed E-state index contributed by atoms with van der Waals surface area (Å²) in [5.41, 5.74) is 2.20. The van der Waals surface area contributed by atoms with Gasteiger partial charge in [0.05, 0.1) is 24.2 Å². The quantitative estimate of drug-likeness (QED) is 0.685. The Kier molecular flexibility index (Phi) is 4.94. The number of amides is 2. The van der Waals surface area contributed by atoms with Gasteiger partial charge in [0.15, 0.2) is 5.82 Å². The second kappa shape index (κ2) is 7.56. The Balaban J connectivity index is 1.63. The minimum Gasteiger partial charge on any atom is -0.497 e. The van der Waals surface area contributed by atoms with E-state index < -0.39 is 11.9 Å². The summed E-state index contributed by atoms with van der Waals surface area (Å²) in [5.74, 6) is 0.635. The molecule has 0 spiro atoms. The van der Waals surface area contributed by atoms with Crippen LogP contribution in [-0.2, 0) is 9.59 Å². The number of hydrogen-bond acceptors (Lipinski definition) is 5. The number of rotatable bonds is 4. The number of carbonyl (C=O) groups is 2. The number of nitrogens with one attached hydrogen (secondary N) is 2. The van der Waals surface area contributed by atoms with E-state index >= 15 is 0 Å². The van der Waals surface area contributed by atoms with E-state index in [1.165, 1.54) is 4.68 Å². The number of hydrogen-bond donors (Lipinski definition) is 2. The molecular formula is C20H18ClN5O3. The molecule has 3 aromatic rings. The van der Waals surface area contributed by atoms with Gasteiger partial charge in [-0.3, -0.25) is 14.9 Å². The lowest BCUT2D eigenvalue weighted by atomic mass is 10.1. The van der Waals surface area contributed by atoms with Crippen LogP contribution in [0, 0.1) is 6.92 Å². The zero-order valence-corrected chi connectivity index (χ0v) is 16.5. The fraction of sp³-hybridized carbons (Fsp3) is 0.200. The molecule has 0 fully saturated rings.